The van der Waals surface area contributed by atoms with Gasteiger partial charge in [0, 0.05) is 26.2 Å². The van der Waals surface area contributed by atoms with E-state index in [4.69, 9.17) is 9.73 Å². The standard InChI is InChI=1S/C19H18F3N3O2.2ClH.H2O/c1-24-8-10-25(11-9-24)18-14-12-13(27-19(20,21)22)6-7-16(14)26-17-5-3-2-4-15(17)23-18;;;/h2-7,12H,8-11H2,1H3;2*1H;1H2. The highest BCUT2D eigenvalue weighted by molar-refractivity contribution is 6.04. The van der Waals surface area contributed by atoms with Gasteiger partial charge in [0.05, 0.1) is 5.56 Å². The number of piperazine rings is 1. The van der Waals surface area contributed by atoms with E-state index in [2.05, 4.69) is 14.5 Å². The number of ether oxygens (including phenoxy) is 2. The van der Waals surface area contributed by atoms with Gasteiger partial charge in [-0.3, -0.25) is 0 Å². The average molecular weight is 468 g/mol. The predicted molar refractivity (Wildman–Crippen MR) is 113 cm³/mol. The Hall–Kier alpha value is -2.20. The Kier molecular flexibility index (Phi) is 8.79. The maximum Gasteiger partial charge on any atom is 0.573 e. The summed E-state index contributed by atoms with van der Waals surface area (Å²) in [5, 5.41) is 0. The fourth-order valence-electron chi connectivity index (χ4n) is 3.16. The van der Waals surface area contributed by atoms with Crippen LogP contribution in [-0.4, -0.2) is 60.7 Å². The van der Waals surface area contributed by atoms with Gasteiger partial charge in [-0.15, -0.1) is 38.0 Å². The molecule has 0 unspecified atom stereocenters. The minimum Gasteiger partial charge on any atom is -0.454 e. The van der Waals surface area contributed by atoms with Crippen LogP contribution in [0.25, 0.3) is 0 Å². The molecule has 0 saturated carbocycles. The van der Waals surface area contributed by atoms with Crippen LogP contribution in [0.3, 0.4) is 0 Å². The number of hydrogen-bond acceptors (Lipinski definition) is 5. The third-order valence-electron chi connectivity index (χ3n) is 4.54. The molecule has 2 aromatic carbocycles. The van der Waals surface area contributed by atoms with Crippen LogP contribution in [0.1, 0.15) is 5.56 Å². The molecule has 11 heteroatoms. The number of rotatable bonds is 1. The molecular formula is C19H22Cl2F3N3O3. The molecule has 2 aliphatic rings. The molecular weight excluding hydrogens is 446 g/mol. The summed E-state index contributed by atoms with van der Waals surface area (Å²) in [6.07, 6.45) is -4.76. The number of benzene rings is 2. The quantitative estimate of drug-likeness (QED) is 0.634. The summed E-state index contributed by atoms with van der Waals surface area (Å²) >= 11 is 0. The highest BCUT2D eigenvalue weighted by atomic mass is 35.5. The fraction of sp³-hybridized carbons (Fsp3) is 0.316. The van der Waals surface area contributed by atoms with E-state index in [9.17, 15) is 13.2 Å². The van der Waals surface area contributed by atoms with E-state index >= 15 is 0 Å². The van der Waals surface area contributed by atoms with Gasteiger partial charge in [-0.2, -0.15) is 0 Å². The maximum atomic E-state index is 12.7. The molecule has 2 aromatic rings. The maximum absolute atomic E-state index is 12.7. The van der Waals surface area contributed by atoms with Crippen LogP contribution >= 0.6 is 24.8 Å². The van der Waals surface area contributed by atoms with Crippen molar-refractivity contribution in [2.45, 2.75) is 6.36 Å². The molecule has 0 amide bonds. The Labute approximate surface area is 184 Å². The number of fused-ring (bicyclic) bond motifs is 2. The van der Waals surface area contributed by atoms with Gasteiger partial charge in [-0.25, -0.2) is 4.99 Å². The molecule has 1 fully saturated rings. The number of para-hydroxylation sites is 2. The van der Waals surface area contributed by atoms with Gasteiger partial charge in [0.1, 0.15) is 23.0 Å². The first kappa shape index (κ1) is 25.8. The van der Waals surface area contributed by atoms with Crippen LogP contribution in [0.4, 0.5) is 18.9 Å². The Morgan fingerprint density at radius 3 is 2.30 bits per heavy atom. The second-order valence-corrected chi connectivity index (χ2v) is 6.50. The van der Waals surface area contributed by atoms with Gasteiger partial charge < -0.3 is 24.7 Å². The Morgan fingerprint density at radius 1 is 0.967 bits per heavy atom. The number of amidine groups is 1. The monoisotopic (exact) mass is 467 g/mol. The lowest BCUT2D eigenvalue weighted by Gasteiger charge is -2.34. The molecule has 0 spiro atoms. The zero-order valence-corrected chi connectivity index (χ0v) is 17.6. The van der Waals surface area contributed by atoms with Crippen molar-refractivity contribution in [1.82, 2.24) is 9.80 Å². The molecule has 2 heterocycles. The van der Waals surface area contributed by atoms with E-state index in [0.29, 0.717) is 28.6 Å². The average Bonchev–Trinajstić information content (AvgIpc) is 2.78. The lowest BCUT2D eigenvalue weighted by atomic mass is 10.1. The highest BCUT2D eigenvalue weighted by Crippen LogP contribution is 2.39. The first-order valence-electron chi connectivity index (χ1n) is 8.58. The van der Waals surface area contributed by atoms with Crippen molar-refractivity contribution in [2.24, 2.45) is 4.99 Å². The summed E-state index contributed by atoms with van der Waals surface area (Å²) in [7, 11) is 2.04. The minimum absolute atomic E-state index is 0. The first-order chi connectivity index (χ1) is 12.9. The van der Waals surface area contributed by atoms with Crippen LogP contribution in [0.2, 0.25) is 0 Å². The molecule has 4 rings (SSSR count). The van der Waals surface area contributed by atoms with Gasteiger partial charge in [0.15, 0.2) is 5.75 Å². The van der Waals surface area contributed by atoms with Crippen LogP contribution in [0.5, 0.6) is 17.2 Å². The number of hydrogen-bond donors (Lipinski definition) is 0. The van der Waals surface area contributed by atoms with Crippen molar-refractivity contribution in [3.8, 4) is 17.2 Å². The summed E-state index contributed by atoms with van der Waals surface area (Å²) in [5.74, 6) is 1.31. The van der Waals surface area contributed by atoms with Gasteiger partial charge in [-0.05, 0) is 37.4 Å². The van der Waals surface area contributed by atoms with Crippen molar-refractivity contribution in [3.05, 3.63) is 48.0 Å². The highest BCUT2D eigenvalue weighted by Gasteiger charge is 2.32. The SMILES string of the molecule is CN1CCN(C2=Nc3ccccc3Oc3ccc(OC(F)(F)F)cc32)CC1.Cl.Cl.O. The molecule has 0 aliphatic carbocycles. The van der Waals surface area contributed by atoms with Gasteiger partial charge >= 0.3 is 6.36 Å². The van der Waals surface area contributed by atoms with Crippen LogP contribution < -0.4 is 9.47 Å². The molecule has 2 N–H and O–H groups in total. The smallest absolute Gasteiger partial charge is 0.454 e. The van der Waals surface area contributed by atoms with Crippen molar-refractivity contribution >= 4 is 36.3 Å². The van der Waals surface area contributed by atoms with Crippen molar-refractivity contribution in [1.29, 1.82) is 0 Å². The Morgan fingerprint density at radius 2 is 1.63 bits per heavy atom. The molecule has 0 radical (unpaired) electrons. The summed E-state index contributed by atoms with van der Waals surface area (Å²) in [6, 6.07) is 11.4. The second kappa shape index (κ2) is 10.2. The zero-order chi connectivity index (χ0) is 19.0. The summed E-state index contributed by atoms with van der Waals surface area (Å²) in [5.41, 5.74) is 1.12. The van der Waals surface area contributed by atoms with Crippen molar-refractivity contribution < 1.29 is 28.1 Å². The summed E-state index contributed by atoms with van der Waals surface area (Å²) in [4.78, 5) is 9.00. The fourth-order valence-corrected chi connectivity index (χ4v) is 3.16. The van der Waals surface area contributed by atoms with E-state index < -0.39 is 6.36 Å². The molecule has 166 valence electrons. The van der Waals surface area contributed by atoms with Crippen LogP contribution in [0, 0.1) is 0 Å². The molecule has 0 atom stereocenters. The number of aliphatic imine (C=N–C) groups is 1. The Balaban J connectivity index is 0.00000150. The normalized spacial score (nSPS) is 15.6. The minimum atomic E-state index is -4.76. The van der Waals surface area contributed by atoms with E-state index in [0.717, 1.165) is 26.2 Å². The Bertz CT molecular complexity index is 889. The van der Waals surface area contributed by atoms with Gasteiger partial charge in [-0.1, -0.05) is 12.1 Å². The predicted octanol–water partition coefficient (Wildman–Crippen LogP) is 4.04. The summed E-state index contributed by atoms with van der Waals surface area (Å²) < 4.78 is 48.0. The van der Waals surface area contributed by atoms with Gasteiger partial charge in [0.25, 0.3) is 0 Å². The second-order valence-electron chi connectivity index (χ2n) is 6.50. The van der Waals surface area contributed by atoms with Crippen molar-refractivity contribution in [2.75, 3.05) is 33.2 Å². The van der Waals surface area contributed by atoms with E-state index in [-0.39, 0.29) is 36.0 Å². The van der Waals surface area contributed by atoms with Crippen molar-refractivity contribution in [3.63, 3.8) is 0 Å². The third kappa shape index (κ3) is 5.69. The molecule has 2 aliphatic heterocycles. The van der Waals surface area contributed by atoms with E-state index in [1.54, 1.807) is 6.07 Å². The number of likely N-dealkylation sites (N-methyl/N-ethyl adjacent to an activating group) is 1. The molecule has 6 nitrogen and oxygen atoms in total. The molecule has 0 aromatic heterocycles. The van der Waals surface area contributed by atoms with Crippen LogP contribution in [-0.2, 0) is 0 Å². The first-order valence-corrected chi connectivity index (χ1v) is 8.58. The number of nitrogens with zero attached hydrogens (tertiary/aromatic N) is 3. The lowest BCUT2D eigenvalue weighted by Crippen LogP contribution is -2.47. The third-order valence-corrected chi connectivity index (χ3v) is 4.54. The zero-order valence-electron chi connectivity index (χ0n) is 16.0. The van der Waals surface area contributed by atoms with E-state index in [1.165, 1.54) is 18.2 Å². The van der Waals surface area contributed by atoms with Gasteiger partial charge in [0.2, 0.25) is 0 Å². The number of alkyl halides is 3. The molecule has 30 heavy (non-hydrogen) atoms. The molecule has 1 saturated heterocycles. The molecule has 0 bridgehead atoms. The van der Waals surface area contributed by atoms with Crippen LogP contribution in [0.15, 0.2) is 47.5 Å². The lowest BCUT2D eigenvalue weighted by molar-refractivity contribution is -0.274. The number of halogens is 5. The largest absolute Gasteiger partial charge is 0.573 e. The topological polar surface area (TPSA) is 68.8 Å². The van der Waals surface area contributed by atoms with E-state index in [1.807, 2.05) is 25.2 Å². The summed E-state index contributed by atoms with van der Waals surface area (Å²) in [6.45, 7) is 3.13.